The van der Waals surface area contributed by atoms with E-state index in [4.69, 9.17) is 0 Å². The molecule has 0 bridgehead atoms. The Morgan fingerprint density at radius 2 is 1.50 bits per heavy atom. The maximum atomic E-state index is 14.0. The van der Waals surface area contributed by atoms with Crippen LogP contribution in [-0.4, -0.2) is 56.3 Å². The highest BCUT2D eigenvalue weighted by Crippen LogP contribution is 2.32. The lowest BCUT2D eigenvalue weighted by Gasteiger charge is -2.33. The number of sulfonamides is 1. The molecule has 1 heterocycles. The van der Waals surface area contributed by atoms with Crippen LogP contribution >= 0.6 is 0 Å². The second-order valence-corrected chi connectivity index (χ2v) is 10.7. The van der Waals surface area contributed by atoms with Crippen LogP contribution in [0.2, 0.25) is 0 Å². The minimum absolute atomic E-state index is 0.120. The maximum Gasteiger partial charge on any atom is 0.246 e. The number of carbonyl (C=O) groups is 1. The lowest BCUT2D eigenvalue weighted by atomic mass is 9.92. The van der Waals surface area contributed by atoms with Gasteiger partial charge >= 0.3 is 0 Å². The first kappa shape index (κ1) is 24.4. The van der Waals surface area contributed by atoms with Crippen molar-refractivity contribution < 1.29 is 17.6 Å². The summed E-state index contributed by atoms with van der Waals surface area (Å²) in [6, 6.07) is 11.5. The van der Waals surface area contributed by atoms with Gasteiger partial charge in [-0.3, -0.25) is 9.69 Å². The summed E-state index contributed by atoms with van der Waals surface area (Å²) in [5.74, 6) is -0.322. The molecule has 0 saturated carbocycles. The summed E-state index contributed by atoms with van der Waals surface area (Å²) >= 11 is 0. The van der Waals surface area contributed by atoms with Crippen LogP contribution in [0.15, 0.2) is 47.4 Å². The first-order valence-corrected chi connectivity index (χ1v) is 12.4. The smallest absolute Gasteiger partial charge is 0.246 e. The van der Waals surface area contributed by atoms with Crippen LogP contribution in [0.5, 0.6) is 0 Å². The Hall–Kier alpha value is -2.29. The van der Waals surface area contributed by atoms with Gasteiger partial charge in [-0.15, -0.1) is 0 Å². The standard InChI is InChI=1S/C24H32FN3O3S/c1-17(2)19-8-7-9-20(18(3)4)24(19)26-23(29)16-27-12-14-28(15-13-27)32(30,31)22-11-6-5-10-21(22)25/h5-11,17-18H,12-16H2,1-4H3,(H,26,29). The highest BCUT2D eigenvalue weighted by molar-refractivity contribution is 7.89. The Morgan fingerprint density at radius 3 is 2.03 bits per heavy atom. The number of carbonyl (C=O) groups excluding carboxylic acids is 1. The average Bonchev–Trinajstić information content (AvgIpc) is 2.74. The minimum atomic E-state index is -3.89. The Balaban J connectivity index is 1.64. The highest BCUT2D eigenvalue weighted by Gasteiger charge is 2.31. The van der Waals surface area contributed by atoms with E-state index in [1.165, 1.54) is 22.5 Å². The predicted octanol–water partition coefficient (Wildman–Crippen LogP) is 4.02. The van der Waals surface area contributed by atoms with Crippen molar-refractivity contribution in [3.05, 3.63) is 59.4 Å². The third kappa shape index (κ3) is 5.36. The molecule has 1 fully saturated rings. The number of hydrogen-bond donors (Lipinski definition) is 1. The fourth-order valence-corrected chi connectivity index (χ4v) is 5.49. The Kier molecular flexibility index (Phi) is 7.69. The number of amides is 1. The minimum Gasteiger partial charge on any atom is -0.324 e. The molecule has 0 aromatic heterocycles. The molecule has 2 aromatic rings. The highest BCUT2D eigenvalue weighted by atomic mass is 32.2. The van der Waals surface area contributed by atoms with Gasteiger partial charge in [-0.05, 0) is 35.1 Å². The van der Waals surface area contributed by atoms with E-state index in [-0.39, 0.29) is 42.3 Å². The fourth-order valence-electron chi connectivity index (χ4n) is 4.00. The van der Waals surface area contributed by atoms with Gasteiger partial charge in [-0.2, -0.15) is 4.31 Å². The van der Waals surface area contributed by atoms with Crippen molar-refractivity contribution in [1.82, 2.24) is 9.21 Å². The zero-order valence-corrected chi connectivity index (χ0v) is 20.0. The summed E-state index contributed by atoms with van der Waals surface area (Å²) in [7, 11) is -3.89. The van der Waals surface area contributed by atoms with E-state index >= 15 is 0 Å². The molecule has 3 rings (SSSR count). The molecule has 6 nitrogen and oxygen atoms in total. The SMILES string of the molecule is CC(C)c1cccc(C(C)C)c1NC(=O)CN1CCN(S(=O)(=O)c2ccccc2F)CC1. The third-order valence-electron chi connectivity index (χ3n) is 5.79. The molecule has 2 aromatic carbocycles. The van der Waals surface area contributed by atoms with E-state index in [1.54, 1.807) is 0 Å². The normalized spacial score (nSPS) is 16.0. The first-order chi connectivity index (χ1) is 15.1. The molecule has 0 unspecified atom stereocenters. The van der Waals surface area contributed by atoms with Gasteiger partial charge in [0.2, 0.25) is 15.9 Å². The topological polar surface area (TPSA) is 69.7 Å². The number of anilines is 1. The van der Waals surface area contributed by atoms with Crippen LogP contribution in [0.3, 0.4) is 0 Å². The molecule has 0 radical (unpaired) electrons. The second-order valence-electron chi connectivity index (χ2n) is 8.78. The van der Waals surface area contributed by atoms with E-state index in [0.29, 0.717) is 13.1 Å². The molecule has 0 aliphatic carbocycles. The van der Waals surface area contributed by atoms with E-state index in [1.807, 2.05) is 23.1 Å². The van der Waals surface area contributed by atoms with Crippen LogP contribution < -0.4 is 5.32 Å². The molecule has 1 N–H and O–H groups in total. The number of benzene rings is 2. The number of para-hydroxylation sites is 1. The number of piperazine rings is 1. The van der Waals surface area contributed by atoms with Crippen molar-refractivity contribution >= 4 is 21.6 Å². The molecule has 0 atom stereocenters. The summed E-state index contributed by atoms with van der Waals surface area (Å²) in [5.41, 5.74) is 3.08. The summed E-state index contributed by atoms with van der Waals surface area (Å²) in [5, 5.41) is 3.10. The summed E-state index contributed by atoms with van der Waals surface area (Å²) in [4.78, 5) is 14.5. The van der Waals surface area contributed by atoms with Gasteiger partial charge in [0.15, 0.2) is 0 Å². The zero-order valence-electron chi connectivity index (χ0n) is 19.1. The predicted molar refractivity (Wildman–Crippen MR) is 125 cm³/mol. The number of rotatable bonds is 7. The van der Waals surface area contributed by atoms with Crippen molar-refractivity contribution in [2.75, 3.05) is 38.0 Å². The Labute approximate surface area is 190 Å². The van der Waals surface area contributed by atoms with Gasteiger partial charge in [-0.25, -0.2) is 12.8 Å². The van der Waals surface area contributed by atoms with E-state index in [2.05, 4.69) is 33.0 Å². The number of nitrogens with zero attached hydrogens (tertiary/aromatic N) is 2. The van der Waals surface area contributed by atoms with Crippen LogP contribution in [0.4, 0.5) is 10.1 Å². The molecule has 32 heavy (non-hydrogen) atoms. The molecule has 8 heteroatoms. The summed E-state index contributed by atoms with van der Waals surface area (Å²) in [6.45, 7) is 9.82. The molecule has 1 aliphatic heterocycles. The van der Waals surface area contributed by atoms with Gasteiger partial charge < -0.3 is 5.32 Å². The van der Waals surface area contributed by atoms with Crippen molar-refractivity contribution in [3.63, 3.8) is 0 Å². The van der Waals surface area contributed by atoms with Gasteiger partial charge in [0.05, 0.1) is 6.54 Å². The Morgan fingerprint density at radius 1 is 0.938 bits per heavy atom. The fraction of sp³-hybridized carbons (Fsp3) is 0.458. The monoisotopic (exact) mass is 461 g/mol. The molecule has 1 amide bonds. The molecule has 1 saturated heterocycles. The van der Waals surface area contributed by atoms with Gasteiger partial charge in [0.25, 0.3) is 0 Å². The van der Waals surface area contributed by atoms with Crippen molar-refractivity contribution in [1.29, 1.82) is 0 Å². The third-order valence-corrected chi connectivity index (χ3v) is 7.72. The molecular weight excluding hydrogens is 429 g/mol. The Bertz CT molecular complexity index is 1040. The van der Waals surface area contributed by atoms with Gasteiger partial charge in [0.1, 0.15) is 10.7 Å². The lowest BCUT2D eigenvalue weighted by molar-refractivity contribution is -0.117. The van der Waals surface area contributed by atoms with Crippen LogP contribution in [-0.2, 0) is 14.8 Å². The number of halogens is 1. The van der Waals surface area contributed by atoms with Crippen LogP contribution in [0.25, 0.3) is 0 Å². The van der Waals surface area contributed by atoms with Crippen molar-refractivity contribution in [2.45, 2.75) is 44.4 Å². The first-order valence-electron chi connectivity index (χ1n) is 11.0. The average molecular weight is 462 g/mol. The molecular formula is C24H32FN3O3S. The number of hydrogen-bond acceptors (Lipinski definition) is 4. The molecule has 174 valence electrons. The molecule has 1 aliphatic rings. The summed E-state index contributed by atoms with van der Waals surface area (Å²) < 4.78 is 40.8. The van der Waals surface area contributed by atoms with Gasteiger partial charge in [0, 0.05) is 31.9 Å². The second kappa shape index (κ2) is 10.1. The van der Waals surface area contributed by atoms with Crippen molar-refractivity contribution in [3.8, 4) is 0 Å². The molecule has 0 spiro atoms. The number of nitrogens with one attached hydrogen (secondary N) is 1. The van der Waals surface area contributed by atoms with Crippen LogP contribution in [0.1, 0.15) is 50.7 Å². The van der Waals surface area contributed by atoms with E-state index < -0.39 is 15.8 Å². The van der Waals surface area contributed by atoms with Crippen LogP contribution in [0, 0.1) is 5.82 Å². The van der Waals surface area contributed by atoms with Gasteiger partial charge in [-0.1, -0.05) is 58.0 Å². The maximum absolute atomic E-state index is 14.0. The summed E-state index contributed by atoms with van der Waals surface area (Å²) in [6.07, 6.45) is 0. The van der Waals surface area contributed by atoms with Crippen molar-refractivity contribution in [2.24, 2.45) is 0 Å². The largest absolute Gasteiger partial charge is 0.324 e. The quantitative estimate of drug-likeness (QED) is 0.676. The lowest BCUT2D eigenvalue weighted by Crippen LogP contribution is -2.50. The zero-order chi connectivity index (χ0) is 23.5. The van der Waals surface area contributed by atoms with E-state index in [9.17, 15) is 17.6 Å². The van der Waals surface area contributed by atoms with E-state index in [0.717, 1.165) is 22.9 Å².